The highest BCUT2D eigenvalue weighted by atomic mass is 16.5. The minimum atomic E-state index is 0.319. The maximum Gasteiger partial charge on any atom is 0.127 e. The van der Waals surface area contributed by atoms with Crippen molar-refractivity contribution >= 4 is 5.69 Å². The van der Waals surface area contributed by atoms with Gasteiger partial charge in [0.15, 0.2) is 0 Å². The molecule has 0 spiro atoms. The first-order chi connectivity index (χ1) is 11.1. The van der Waals surface area contributed by atoms with Crippen LogP contribution in [0.25, 0.3) is 0 Å². The molecule has 2 heteroatoms. The fourth-order valence-corrected chi connectivity index (χ4v) is 4.21. The first-order valence-electron chi connectivity index (χ1n) is 8.74. The summed E-state index contributed by atoms with van der Waals surface area (Å²) >= 11 is 0. The van der Waals surface area contributed by atoms with E-state index >= 15 is 0 Å². The predicted molar refractivity (Wildman–Crippen MR) is 95.5 cm³/mol. The highest BCUT2D eigenvalue weighted by molar-refractivity contribution is 5.70. The molecular formula is C21H25NO. The van der Waals surface area contributed by atoms with Gasteiger partial charge < -0.3 is 10.5 Å². The highest BCUT2D eigenvalue weighted by Crippen LogP contribution is 2.48. The van der Waals surface area contributed by atoms with Crippen LogP contribution in [0.2, 0.25) is 0 Å². The van der Waals surface area contributed by atoms with Crippen LogP contribution in [0.5, 0.6) is 5.75 Å². The number of anilines is 1. The molecular weight excluding hydrogens is 282 g/mol. The maximum atomic E-state index is 6.46. The van der Waals surface area contributed by atoms with Crippen LogP contribution in [0.15, 0.2) is 24.3 Å². The topological polar surface area (TPSA) is 35.2 Å². The molecule has 0 saturated carbocycles. The first-order valence-corrected chi connectivity index (χ1v) is 8.74. The van der Waals surface area contributed by atoms with Crippen molar-refractivity contribution in [1.82, 2.24) is 0 Å². The zero-order chi connectivity index (χ0) is 16.1. The van der Waals surface area contributed by atoms with E-state index in [1.54, 1.807) is 0 Å². The van der Waals surface area contributed by atoms with E-state index in [0.29, 0.717) is 11.8 Å². The molecule has 1 atom stereocenters. The summed E-state index contributed by atoms with van der Waals surface area (Å²) in [4.78, 5) is 0. The third-order valence-corrected chi connectivity index (χ3v) is 5.62. The largest absolute Gasteiger partial charge is 0.492 e. The molecule has 0 radical (unpaired) electrons. The smallest absolute Gasteiger partial charge is 0.127 e. The molecule has 0 fully saturated rings. The summed E-state index contributed by atoms with van der Waals surface area (Å²) in [6.07, 6.45) is 3.42. The van der Waals surface area contributed by atoms with Crippen molar-refractivity contribution in [1.29, 1.82) is 0 Å². The number of rotatable bonds is 2. The lowest BCUT2D eigenvalue weighted by molar-refractivity contribution is 0.340. The zero-order valence-corrected chi connectivity index (χ0v) is 14.3. The minimum absolute atomic E-state index is 0.319. The summed E-state index contributed by atoms with van der Waals surface area (Å²) in [6.45, 7) is 7.37. The molecule has 0 aromatic heterocycles. The lowest BCUT2D eigenvalue weighted by atomic mass is 9.86. The molecule has 2 aliphatic rings. The number of hydrogen-bond acceptors (Lipinski definition) is 2. The summed E-state index contributed by atoms with van der Waals surface area (Å²) < 4.78 is 6.17. The second-order valence-corrected chi connectivity index (χ2v) is 7.28. The van der Waals surface area contributed by atoms with Gasteiger partial charge in [-0.2, -0.15) is 0 Å². The van der Waals surface area contributed by atoms with Gasteiger partial charge in [-0.3, -0.25) is 0 Å². The summed E-state index contributed by atoms with van der Waals surface area (Å²) in [7, 11) is 0. The predicted octanol–water partition coefficient (Wildman–Crippen LogP) is 4.71. The average molecular weight is 307 g/mol. The molecule has 23 heavy (non-hydrogen) atoms. The third-order valence-electron chi connectivity index (χ3n) is 5.62. The summed E-state index contributed by atoms with van der Waals surface area (Å²) in [5.74, 6) is 2.03. The first kappa shape index (κ1) is 14.6. The Morgan fingerprint density at radius 1 is 1.09 bits per heavy atom. The fraction of sp³-hybridized carbons (Fsp3) is 0.429. The van der Waals surface area contributed by atoms with E-state index in [9.17, 15) is 0 Å². The highest BCUT2D eigenvalue weighted by Gasteiger charge is 2.34. The van der Waals surface area contributed by atoms with Gasteiger partial charge in [0, 0.05) is 17.2 Å². The Bertz CT molecular complexity index is 759. The molecule has 0 amide bonds. The Morgan fingerprint density at radius 3 is 2.48 bits per heavy atom. The molecule has 1 aliphatic heterocycles. The second-order valence-electron chi connectivity index (χ2n) is 7.28. The van der Waals surface area contributed by atoms with Crippen LogP contribution in [0.3, 0.4) is 0 Å². The van der Waals surface area contributed by atoms with Gasteiger partial charge in [-0.1, -0.05) is 38.1 Å². The molecule has 1 aliphatic carbocycles. The van der Waals surface area contributed by atoms with E-state index in [1.807, 2.05) is 0 Å². The van der Waals surface area contributed by atoms with Crippen LogP contribution >= 0.6 is 0 Å². The van der Waals surface area contributed by atoms with Crippen molar-refractivity contribution in [2.75, 3.05) is 12.3 Å². The van der Waals surface area contributed by atoms with Gasteiger partial charge in [0.25, 0.3) is 0 Å². The lowest BCUT2D eigenvalue weighted by Crippen LogP contribution is -2.06. The van der Waals surface area contributed by atoms with Crippen LogP contribution < -0.4 is 10.5 Å². The number of hydrogen-bond donors (Lipinski definition) is 1. The number of benzene rings is 2. The quantitative estimate of drug-likeness (QED) is 0.815. The van der Waals surface area contributed by atoms with Crippen molar-refractivity contribution in [2.45, 2.75) is 51.9 Å². The number of nitrogen functional groups attached to an aromatic ring is 1. The molecule has 2 N–H and O–H groups in total. The summed E-state index contributed by atoms with van der Waals surface area (Å²) in [5, 5.41) is 0. The van der Waals surface area contributed by atoms with Gasteiger partial charge in [-0.25, -0.2) is 0 Å². The van der Waals surface area contributed by atoms with Gasteiger partial charge in [-0.05, 0) is 59.9 Å². The molecule has 2 aromatic rings. The summed E-state index contributed by atoms with van der Waals surface area (Å²) in [5.41, 5.74) is 15.5. The van der Waals surface area contributed by atoms with Crippen LogP contribution in [0.4, 0.5) is 5.69 Å². The standard InChI is InChI=1S/C21H25NO/c1-12(2)14-7-9-15(10-8-14)18-11-23-21-17-6-4-5-16(17)20(22)13(3)19(18)21/h7-10,12,18H,4-6,11,22H2,1-3H3. The molecule has 0 saturated heterocycles. The van der Waals surface area contributed by atoms with E-state index in [0.717, 1.165) is 30.9 Å². The molecule has 1 heterocycles. The van der Waals surface area contributed by atoms with E-state index < -0.39 is 0 Å². The van der Waals surface area contributed by atoms with Gasteiger partial charge in [-0.15, -0.1) is 0 Å². The number of nitrogens with two attached hydrogens (primary N) is 1. The van der Waals surface area contributed by atoms with Crippen molar-refractivity contribution in [3.05, 3.63) is 57.6 Å². The normalized spacial score (nSPS) is 18.9. The molecule has 4 rings (SSSR count). The van der Waals surface area contributed by atoms with Gasteiger partial charge >= 0.3 is 0 Å². The minimum Gasteiger partial charge on any atom is -0.492 e. The van der Waals surface area contributed by atoms with Crippen molar-refractivity contribution in [3.8, 4) is 5.75 Å². The molecule has 0 bridgehead atoms. The van der Waals surface area contributed by atoms with Gasteiger partial charge in [0.2, 0.25) is 0 Å². The second kappa shape index (κ2) is 5.30. The number of ether oxygens (including phenoxy) is 1. The average Bonchev–Trinajstić information content (AvgIpc) is 3.19. The van der Waals surface area contributed by atoms with Gasteiger partial charge in [0.1, 0.15) is 5.75 Å². The van der Waals surface area contributed by atoms with Crippen LogP contribution in [0.1, 0.15) is 65.5 Å². The SMILES string of the molecule is Cc1c(N)c2c(c3c1C(c1ccc(C(C)C)cc1)CO3)CCC2. The van der Waals surface area contributed by atoms with Crippen LogP contribution in [-0.4, -0.2) is 6.61 Å². The van der Waals surface area contributed by atoms with E-state index in [-0.39, 0.29) is 0 Å². The van der Waals surface area contributed by atoms with Crippen molar-refractivity contribution in [2.24, 2.45) is 0 Å². The van der Waals surface area contributed by atoms with E-state index in [1.165, 1.54) is 39.8 Å². The Balaban J connectivity index is 1.80. The molecule has 2 aromatic carbocycles. The van der Waals surface area contributed by atoms with E-state index in [4.69, 9.17) is 10.5 Å². The van der Waals surface area contributed by atoms with Crippen molar-refractivity contribution in [3.63, 3.8) is 0 Å². The fourth-order valence-electron chi connectivity index (χ4n) is 4.21. The van der Waals surface area contributed by atoms with Crippen molar-refractivity contribution < 1.29 is 4.74 Å². The summed E-state index contributed by atoms with van der Waals surface area (Å²) in [6, 6.07) is 9.04. The van der Waals surface area contributed by atoms with Crippen LogP contribution in [-0.2, 0) is 12.8 Å². The Kier molecular flexibility index (Phi) is 3.37. The molecule has 120 valence electrons. The zero-order valence-electron chi connectivity index (χ0n) is 14.3. The Morgan fingerprint density at radius 2 is 1.78 bits per heavy atom. The van der Waals surface area contributed by atoms with Gasteiger partial charge in [0.05, 0.1) is 6.61 Å². The number of fused-ring (bicyclic) bond motifs is 3. The maximum absolute atomic E-state index is 6.46. The van der Waals surface area contributed by atoms with E-state index in [2.05, 4.69) is 45.0 Å². The Hall–Kier alpha value is -1.96. The monoisotopic (exact) mass is 307 g/mol. The Labute approximate surface area is 138 Å². The third kappa shape index (κ3) is 2.15. The van der Waals surface area contributed by atoms with Crippen LogP contribution in [0, 0.1) is 6.92 Å². The molecule has 1 unspecified atom stereocenters. The molecule has 2 nitrogen and oxygen atoms in total. The lowest BCUT2D eigenvalue weighted by Gasteiger charge is -2.17.